The molecule has 0 saturated heterocycles. The van der Waals surface area contributed by atoms with Gasteiger partial charge in [-0.05, 0) is 23.3 Å². The number of benzene rings is 3. The Kier molecular flexibility index (Phi) is 4.73. The first-order valence-corrected chi connectivity index (χ1v) is 11.7. The SMILES string of the molecule is C[Si](Cn1ccnc1)(c1ccc(F)cc1)c1ccc(-c2ccccc2)cc1. The minimum atomic E-state index is -2.10. The molecule has 0 aliphatic heterocycles. The van der Waals surface area contributed by atoms with Crippen LogP contribution in [-0.4, -0.2) is 17.6 Å². The Morgan fingerprint density at radius 3 is 2.00 bits per heavy atom. The Bertz CT molecular complexity index is 997. The van der Waals surface area contributed by atoms with E-state index in [2.05, 4.69) is 64.6 Å². The molecule has 27 heavy (non-hydrogen) atoms. The molecule has 4 rings (SSSR count). The van der Waals surface area contributed by atoms with Crippen molar-refractivity contribution < 1.29 is 4.39 Å². The zero-order valence-corrected chi connectivity index (χ0v) is 16.2. The fourth-order valence-electron chi connectivity index (χ4n) is 3.57. The van der Waals surface area contributed by atoms with Crippen molar-refractivity contribution in [3.8, 4) is 11.1 Å². The Morgan fingerprint density at radius 1 is 0.815 bits per heavy atom. The Balaban J connectivity index is 1.75. The molecule has 4 heteroatoms. The maximum absolute atomic E-state index is 13.5. The quantitative estimate of drug-likeness (QED) is 0.482. The number of rotatable bonds is 5. The molecule has 134 valence electrons. The third-order valence-corrected chi connectivity index (χ3v) is 9.38. The fraction of sp³-hybridized carbons (Fsp3) is 0.0870. The van der Waals surface area contributed by atoms with E-state index in [9.17, 15) is 4.39 Å². The average Bonchev–Trinajstić information content (AvgIpc) is 3.22. The number of aromatic nitrogens is 2. The first-order valence-electron chi connectivity index (χ1n) is 9.03. The molecule has 0 N–H and O–H groups in total. The summed E-state index contributed by atoms with van der Waals surface area (Å²) in [5, 5.41) is 2.53. The molecule has 0 bridgehead atoms. The van der Waals surface area contributed by atoms with Gasteiger partial charge in [0.25, 0.3) is 0 Å². The lowest BCUT2D eigenvalue weighted by atomic mass is 10.1. The zero-order valence-electron chi connectivity index (χ0n) is 15.2. The molecule has 0 aliphatic rings. The minimum absolute atomic E-state index is 0.197. The lowest BCUT2D eigenvalue weighted by Crippen LogP contribution is -2.58. The summed E-state index contributed by atoms with van der Waals surface area (Å²) in [4.78, 5) is 4.19. The van der Waals surface area contributed by atoms with Crippen LogP contribution in [0.2, 0.25) is 6.55 Å². The summed E-state index contributed by atoms with van der Waals surface area (Å²) in [6, 6.07) is 26.2. The van der Waals surface area contributed by atoms with Gasteiger partial charge in [0.05, 0.1) is 6.33 Å². The molecule has 2 nitrogen and oxygen atoms in total. The van der Waals surface area contributed by atoms with E-state index in [1.807, 2.05) is 30.7 Å². The lowest BCUT2D eigenvalue weighted by molar-refractivity contribution is 0.628. The molecule has 4 aromatic rings. The van der Waals surface area contributed by atoms with Crippen LogP contribution in [0.3, 0.4) is 0 Å². The highest BCUT2D eigenvalue weighted by atomic mass is 28.3. The molecular weight excluding hydrogens is 351 g/mol. The number of halogens is 1. The number of nitrogens with zero attached hydrogens (tertiary/aromatic N) is 2. The van der Waals surface area contributed by atoms with Crippen molar-refractivity contribution in [3.05, 3.63) is 103 Å². The van der Waals surface area contributed by atoms with Gasteiger partial charge >= 0.3 is 0 Å². The van der Waals surface area contributed by atoms with Crippen LogP contribution in [-0.2, 0) is 6.17 Å². The molecular formula is C23H21FN2Si. The summed E-state index contributed by atoms with van der Waals surface area (Å²) >= 11 is 0. The summed E-state index contributed by atoms with van der Waals surface area (Å²) in [5.74, 6) is -0.197. The van der Waals surface area contributed by atoms with Crippen LogP contribution in [0, 0.1) is 5.82 Å². The van der Waals surface area contributed by atoms with Crippen molar-refractivity contribution in [2.24, 2.45) is 0 Å². The van der Waals surface area contributed by atoms with E-state index < -0.39 is 8.07 Å². The van der Waals surface area contributed by atoms with Crippen molar-refractivity contribution in [2.75, 3.05) is 0 Å². The summed E-state index contributed by atoms with van der Waals surface area (Å²) in [6.45, 7) is 2.33. The third-order valence-electron chi connectivity index (χ3n) is 5.17. The fourth-order valence-corrected chi connectivity index (χ4v) is 6.99. The highest BCUT2D eigenvalue weighted by Gasteiger charge is 2.32. The molecule has 3 aromatic carbocycles. The Morgan fingerprint density at radius 2 is 1.41 bits per heavy atom. The molecule has 1 heterocycles. The van der Waals surface area contributed by atoms with Gasteiger partial charge < -0.3 is 4.57 Å². The normalized spacial score (nSPS) is 13.3. The first kappa shape index (κ1) is 17.4. The number of hydrogen-bond acceptors (Lipinski definition) is 1. The van der Waals surface area contributed by atoms with Gasteiger partial charge in [-0.2, -0.15) is 0 Å². The minimum Gasteiger partial charge on any atom is -0.340 e. The highest BCUT2D eigenvalue weighted by Crippen LogP contribution is 2.19. The van der Waals surface area contributed by atoms with Crippen LogP contribution < -0.4 is 10.4 Å². The van der Waals surface area contributed by atoms with E-state index >= 15 is 0 Å². The van der Waals surface area contributed by atoms with Crippen LogP contribution in [0.1, 0.15) is 0 Å². The highest BCUT2D eigenvalue weighted by molar-refractivity contribution is 7.00. The van der Waals surface area contributed by atoms with Crippen LogP contribution in [0.15, 0.2) is 97.6 Å². The van der Waals surface area contributed by atoms with Crippen molar-refractivity contribution in [2.45, 2.75) is 12.7 Å². The molecule has 0 spiro atoms. The second-order valence-corrected chi connectivity index (χ2v) is 11.2. The number of hydrogen-bond donors (Lipinski definition) is 0. The predicted octanol–water partition coefficient (Wildman–Crippen LogP) is 4.12. The van der Waals surface area contributed by atoms with E-state index in [0.29, 0.717) is 0 Å². The molecule has 1 unspecified atom stereocenters. The van der Waals surface area contributed by atoms with Gasteiger partial charge in [-0.1, -0.05) is 83.7 Å². The van der Waals surface area contributed by atoms with E-state index in [4.69, 9.17) is 0 Å². The molecule has 0 aliphatic carbocycles. The van der Waals surface area contributed by atoms with Crippen molar-refractivity contribution in [1.82, 2.24) is 9.55 Å². The summed E-state index contributed by atoms with van der Waals surface area (Å²) in [6.07, 6.45) is 6.52. The van der Waals surface area contributed by atoms with Crippen LogP contribution in [0.5, 0.6) is 0 Å². The van der Waals surface area contributed by atoms with Crippen LogP contribution in [0.4, 0.5) is 4.39 Å². The Hall–Kier alpha value is -2.98. The molecule has 0 radical (unpaired) electrons. The van der Waals surface area contributed by atoms with Gasteiger partial charge in [-0.3, -0.25) is 0 Å². The van der Waals surface area contributed by atoms with Gasteiger partial charge in [-0.25, -0.2) is 9.37 Å². The maximum atomic E-state index is 13.5. The van der Waals surface area contributed by atoms with Crippen molar-refractivity contribution in [1.29, 1.82) is 0 Å². The topological polar surface area (TPSA) is 17.8 Å². The summed E-state index contributed by atoms with van der Waals surface area (Å²) in [7, 11) is -2.10. The number of imidazole rings is 1. The van der Waals surface area contributed by atoms with Crippen LogP contribution >= 0.6 is 0 Å². The summed E-state index contributed by atoms with van der Waals surface area (Å²) < 4.78 is 15.6. The second-order valence-electron chi connectivity index (χ2n) is 7.02. The monoisotopic (exact) mass is 372 g/mol. The second kappa shape index (κ2) is 7.33. The first-order chi connectivity index (χ1) is 13.1. The van der Waals surface area contributed by atoms with Gasteiger partial charge in [0, 0.05) is 18.6 Å². The van der Waals surface area contributed by atoms with E-state index in [1.54, 1.807) is 18.3 Å². The smallest absolute Gasteiger partial charge is 0.135 e. The van der Waals surface area contributed by atoms with Gasteiger partial charge in [-0.15, -0.1) is 0 Å². The van der Waals surface area contributed by atoms with E-state index in [-0.39, 0.29) is 5.82 Å². The van der Waals surface area contributed by atoms with Crippen LogP contribution in [0.25, 0.3) is 11.1 Å². The predicted molar refractivity (Wildman–Crippen MR) is 111 cm³/mol. The van der Waals surface area contributed by atoms with Gasteiger partial charge in [0.15, 0.2) is 0 Å². The van der Waals surface area contributed by atoms with Gasteiger partial charge in [0.2, 0.25) is 0 Å². The largest absolute Gasteiger partial charge is 0.340 e. The van der Waals surface area contributed by atoms with Gasteiger partial charge in [0.1, 0.15) is 13.9 Å². The summed E-state index contributed by atoms with van der Waals surface area (Å²) in [5.41, 5.74) is 2.42. The molecule has 1 aromatic heterocycles. The van der Waals surface area contributed by atoms with E-state index in [0.717, 1.165) is 6.17 Å². The van der Waals surface area contributed by atoms with E-state index in [1.165, 1.54) is 21.5 Å². The average molecular weight is 373 g/mol. The maximum Gasteiger partial charge on any atom is 0.135 e. The standard InChI is InChI=1S/C23H21FN2Si/c1-27(18-26-16-15-25-17-26,23-13-9-21(24)10-14-23)22-11-7-20(8-12-22)19-5-3-2-4-6-19/h2-17H,18H2,1H3. The molecule has 0 saturated carbocycles. The molecule has 0 amide bonds. The Labute approximate surface area is 160 Å². The van der Waals surface area contributed by atoms with Crippen molar-refractivity contribution >= 4 is 18.4 Å². The van der Waals surface area contributed by atoms with Crippen molar-refractivity contribution in [3.63, 3.8) is 0 Å². The third kappa shape index (κ3) is 3.62. The molecule has 1 atom stereocenters. The lowest BCUT2D eigenvalue weighted by Gasteiger charge is -2.29. The molecule has 0 fully saturated rings. The zero-order chi connectivity index (χ0) is 18.7.